The highest BCUT2D eigenvalue weighted by Crippen LogP contribution is 2.20. The van der Waals surface area contributed by atoms with E-state index in [0.717, 1.165) is 10.0 Å². The van der Waals surface area contributed by atoms with Crippen molar-refractivity contribution >= 4 is 39.1 Å². The molecule has 2 aromatic rings. The highest BCUT2D eigenvalue weighted by Gasteiger charge is 2.08. The predicted octanol–water partition coefficient (Wildman–Crippen LogP) is 4.06. The Morgan fingerprint density at radius 1 is 1.33 bits per heavy atom. The third kappa shape index (κ3) is 3.09. The number of pyridine rings is 1. The van der Waals surface area contributed by atoms with Crippen molar-refractivity contribution < 1.29 is 4.79 Å². The standard InChI is InChI=1S/C13H10BrClN2O/c1-8-2-3-10(7-11(8)15)17-13(18)12-6-9(14)4-5-16-12/h2-7H,1H3,(H,17,18). The van der Waals surface area contributed by atoms with Gasteiger partial charge in [-0.2, -0.15) is 0 Å². The summed E-state index contributed by atoms with van der Waals surface area (Å²) in [6.07, 6.45) is 1.57. The molecule has 92 valence electrons. The zero-order valence-electron chi connectivity index (χ0n) is 9.58. The Hall–Kier alpha value is -1.39. The lowest BCUT2D eigenvalue weighted by atomic mass is 10.2. The highest BCUT2D eigenvalue weighted by molar-refractivity contribution is 9.10. The molecule has 2 rings (SSSR count). The molecule has 0 saturated heterocycles. The molecule has 0 saturated carbocycles. The van der Waals surface area contributed by atoms with Gasteiger partial charge in [0.25, 0.3) is 5.91 Å². The third-order valence-corrected chi connectivity index (χ3v) is 3.28. The molecule has 0 unspecified atom stereocenters. The lowest BCUT2D eigenvalue weighted by Crippen LogP contribution is -2.13. The zero-order valence-corrected chi connectivity index (χ0v) is 11.9. The molecular formula is C13H10BrClN2O. The fourth-order valence-electron chi connectivity index (χ4n) is 1.39. The quantitative estimate of drug-likeness (QED) is 0.905. The molecule has 1 N–H and O–H groups in total. The molecule has 1 heterocycles. The van der Waals surface area contributed by atoms with Crippen molar-refractivity contribution in [3.63, 3.8) is 0 Å². The van der Waals surface area contributed by atoms with Crippen LogP contribution in [-0.4, -0.2) is 10.9 Å². The van der Waals surface area contributed by atoms with Crippen LogP contribution in [0.2, 0.25) is 5.02 Å². The van der Waals surface area contributed by atoms with Crippen LogP contribution in [0.5, 0.6) is 0 Å². The van der Waals surface area contributed by atoms with Crippen LogP contribution >= 0.6 is 27.5 Å². The van der Waals surface area contributed by atoms with Gasteiger partial charge in [-0.05, 0) is 36.8 Å². The molecule has 1 amide bonds. The van der Waals surface area contributed by atoms with E-state index < -0.39 is 0 Å². The van der Waals surface area contributed by atoms with Crippen LogP contribution in [0.4, 0.5) is 5.69 Å². The average Bonchev–Trinajstić information content (AvgIpc) is 2.34. The van der Waals surface area contributed by atoms with E-state index in [1.165, 1.54) is 0 Å². The lowest BCUT2D eigenvalue weighted by molar-refractivity contribution is 0.102. The second kappa shape index (κ2) is 5.50. The van der Waals surface area contributed by atoms with Gasteiger partial charge in [0.15, 0.2) is 0 Å². The molecule has 0 spiro atoms. The molecule has 0 bridgehead atoms. The van der Waals surface area contributed by atoms with Gasteiger partial charge < -0.3 is 5.32 Å². The minimum atomic E-state index is -0.267. The number of halogens is 2. The molecule has 0 aliphatic carbocycles. The summed E-state index contributed by atoms with van der Waals surface area (Å²) >= 11 is 9.29. The van der Waals surface area contributed by atoms with Crippen LogP contribution in [0.3, 0.4) is 0 Å². The molecule has 18 heavy (non-hydrogen) atoms. The van der Waals surface area contributed by atoms with Crippen molar-refractivity contribution in [2.24, 2.45) is 0 Å². The van der Waals surface area contributed by atoms with Crippen molar-refractivity contribution in [3.05, 3.63) is 57.3 Å². The smallest absolute Gasteiger partial charge is 0.274 e. The summed E-state index contributed by atoms with van der Waals surface area (Å²) in [7, 11) is 0. The number of benzene rings is 1. The van der Waals surface area contributed by atoms with Crippen molar-refractivity contribution in [2.45, 2.75) is 6.92 Å². The summed E-state index contributed by atoms with van der Waals surface area (Å²) in [5.74, 6) is -0.267. The highest BCUT2D eigenvalue weighted by atomic mass is 79.9. The number of anilines is 1. The van der Waals surface area contributed by atoms with E-state index in [0.29, 0.717) is 16.4 Å². The summed E-state index contributed by atoms with van der Waals surface area (Å²) in [6.45, 7) is 1.91. The van der Waals surface area contributed by atoms with E-state index in [1.807, 2.05) is 13.0 Å². The van der Waals surface area contributed by atoms with E-state index in [2.05, 4.69) is 26.2 Å². The Bertz CT molecular complexity index is 601. The largest absolute Gasteiger partial charge is 0.321 e. The van der Waals surface area contributed by atoms with Crippen LogP contribution in [-0.2, 0) is 0 Å². The normalized spacial score (nSPS) is 10.2. The summed E-state index contributed by atoms with van der Waals surface area (Å²) in [5.41, 5.74) is 1.97. The SMILES string of the molecule is Cc1ccc(NC(=O)c2cc(Br)ccn2)cc1Cl. The van der Waals surface area contributed by atoms with Gasteiger partial charge in [0.2, 0.25) is 0 Å². The average molecular weight is 326 g/mol. The van der Waals surface area contributed by atoms with E-state index in [4.69, 9.17) is 11.6 Å². The number of nitrogens with one attached hydrogen (secondary N) is 1. The predicted molar refractivity (Wildman–Crippen MR) is 76.1 cm³/mol. The number of rotatable bonds is 2. The van der Waals surface area contributed by atoms with E-state index >= 15 is 0 Å². The van der Waals surface area contributed by atoms with Gasteiger partial charge >= 0.3 is 0 Å². The molecule has 3 nitrogen and oxygen atoms in total. The molecule has 0 radical (unpaired) electrons. The molecular weight excluding hydrogens is 316 g/mol. The first kappa shape index (κ1) is 13.1. The first-order chi connectivity index (χ1) is 8.56. The topological polar surface area (TPSA) is 42.0 Å². The molecule has 5 heteroatoms. The molecule has 0 fully saturated rings. The van der Waals surface area contributed by atoms with Crippen molar-refractivity contribution in [1.29, 1.82) is 0 Å². The van der Waals surface area contributed by atoms with Crippen LogP contribution in [0, 0.1) is 6.92 Å². The fourth-order valence-corrected chi connectivity index (χ4v) is 1.91. The molecule has 0 atom stereocenters. The number of hydrogen-bond acceptors (Lipinski definition) is 2. The Kier molecular flexibility index (Phi) is 3.99. The summed E-state index contributed by atoms with van der Waals surface area (Å²) in [6, 6.07) is 8.79. The van der Waals surface area contributed by atoms with Crippen LogP contribution in [0.15, 0.2) is 41.0 Å². The molecule has 0 aliphatic heterocycles. The van der Waals surface area contributed by atoms with Gasteiger partial charge in [-0.1, -0.05) is 33.6 Å². The van der Waals surface area contributed by atoms with Gasteiger partial charge in [0.05, 0.1) is 0 Å². The summed E-state index contributed by atoms with van der Waals surface area (Å²) in [4.78, 5) is 15.9. The second-order valence-electron chi connectivity index (χ2n) is 3.78. The van der Waals surface area contributed by atoms with Crippen molar-refractivity contribution in [3.8, 4) is 0 Å². The maximum atomic E-state index is 11.9. The number of carbonyl (C=O) groups excluding carboxylic acids is 1. The number of aromatic nitrogens is 1. The number of amides is 1. The molecule has 0 aliphatic rings. The lowest BCUT2D eigenvalue weighted by Gasteiger charge is -2.06. The monoisotopic (exact) mass is 324 g/mol. The third-order valence-electron chi connectivity index (χ3n) is 2.38. The maximum Gasteiger partial charge on any atom is 0.274 e. The summed E-state index contributed by atoms with van der Waals surface area (Å²) < 4.78 is 0.810. The van der Waals surface area contributed by atoms with Crippen LogP contribution < -0.4 is 5.32 Å². The molecule has 1 aromatic heterocycles. The first-order valence-electron chi connectivity index (χ1n) is 5.25. The van der Waals surface area contributed by atoms with Crippen molar-refractivity contribution in [2.75, 3.05) is 5.32 Å². The van der Waals surface area contributed by atoms with Gasteiger partial charge in [0, 0.05) is 21.4 Å². The zero-order chi connectivity index (χ0) is 13.1. The van der Waals surface area contributed by atoms with Gasteiger partial charge in [-0.3, -0.25) is 9.78 Å². The Morgan fingerprint density at radius 2 is 2.11 bits per heavy atom. The van der Waals surface area contributed by atoms with E-state index in [1.54, 1.807) is 30.5 Å². The van der Waals surface area contributed by atoms with Crippen LogP contribution in [0.1, 0.15) is 16.1 Å². The Morgan fingerprint density at radius 3 is 2.78 bits per heavy atom. The Balaban J connectivity index is 2.18. The van der Waals surface area contributed by atoms with Crippen LogP contribution in [0.25, 0.3) is 0 Å². The number of carbonyl (C=O) groups is 1. The minimum Gasteiger partial charge on any atom is -0.321 e. The maximum absolute atomic E-state index is 11.9. The van der Waals surface area contributed by atoms with Gasteiger partial charge in [-0.15, -0.1) is 0 Å². The Labute approximate surface area is 118 Å². The second-order valence-corrected chi connectivity index (χ2v) is 5.10. The van der Waals surface area contributed by atoms with Crippen molar-refractivity contribution in [1.82, 2.24) is 4.98 Å². The first-order valence-corrected chi connectivity index (χ1v) is 6.42. The number of hydrogen-bond donors (Lipinski definition) is 1. The number of nitrogens with zero attached hydrogens (tertiary/aromatic N) is 1. The fraction of sp³-hybridized carbons (Fsp3) is 0.0769. The van der Waals surface area contributed by atoms with Gasteiger partial charge in [0.1, 0.15) is 5.69 Å². The van der Waals surface area contributed by atoms with E-state index in [9.17, 15) is 4.79 Å². The van der Waals surface area contributed by atoms with Gasteiger partial charge in [-0.25, -0.2) is 0 Å². The van der Waals surface area contributed by atoms with E-state index in [-0.39, 0.29) is 5.91 Å². The minimum absolute atomic E-state index is 0.267. The summed E-state index contributed by atoms with van der Waals surface area (Å²) in [5, 5.41) is 3.37. The number of aryl methyl sites for hydroxylation is 1. The molecule has 1 aromatic carbocycles.